The third kappa shape index (κ3) is 3.44. The fraction of sp³-hybridized carbons (Fsp3) is 0.556. The highest BCUT2D eigenvalue weighted by Gasteiger charge is 2.46. The number of piperidine rings is 1. The summed E-state index contributed by atoms with van der Waals surface area (Å²) in [7, 11) is 0. The van der Waals surface area contributed by atoms with Gasteiger partial charge in [0, 0.05) is 57.6 Å². The largest absolute Gasteiger partial charge is 0.489 e. The summed E-state index contributed by atoms with van der Waals surface area (Å²) in [5.74, 6) is 2.87. The van der Waals surface area contributed by atoms with Crippen molar-refractivity contribution < 1.29 is 9.53 Å². The Morgan fingerprint density at radius 2 is 2.00 bits per heavy atom. The number of nitrogens with one attached hydrogen (secondary N) is 1. The van der Waals surface area contributed by atoms with Gasteiger partial charge in [-0.1, -0.05) is 6.07 Å². The van der Waals surface area contributed by atoms with Crippen molar-refractivity contribution in [2.45, 2.75) is 38.3 Å². The Balaban J connectivity index is 0.935. The Labute approximate surface area is 201 Å². The minimum Gasteiger partial charge on any atom is -0.489 e. The number of carbonyl (C=O) groups excluding carboxylic acids is 1. The summed E-state index contributed by atoms with van der Waals surface area (Å²) >= 11 is 0. The average Bonchev–Trinajstić information content (AvgIpc) is 3.22. The molecule has 7 nitrogen and oxygen atoms in total. The highest BCUT2D eigenvalue weighted by Crippen LogP contribution is 2.53. The van der Waals surface area contributed by atoms with Crippen LogP contribution in [0.25, 0.3) is 0 Å². The van der Waals surface area contributed by atoms with Gasteiger partial charge in [0.25, 0.3) is 5.91 Å². The highest BCUT2D eigenvalue weighted by molar-refractivity contribution is 5.99. The van der Waals surface area contributed by atoms with Crippen molar-refractivity contribution >= 4 is 17.4 Å². The molecule has 1 amide bonds. The lowest BCUT2D eigenvalue weighted by Gasteiger charge is -2.54. The molecule has 2 aromatic rings. The quantitative estimate of drug-likeness (QED) is 0.762. The number of amides is 1. The van der Waals surface area contributed by atoms with Crippen LogP contribution in [0.2, 0.25) is 0 Å². The number of ether oxygens (including phenoxy) is 1. The van der Waals surface area contributed by atoms with Crippen LogP contribution < -0.4 is 19.9 Å². The number of rotatable bonds is 3. The number of benzene rings is 1. The van der Waals surface area contributed by atoms with Crippen molar-refractivity contribution in [3.8, 4) is 5.75 Å². The number of hydrogen-bond donors (Lipinski definition) is 1. The maximum absolute atomic E-state index is 12.0. The molecule has 34 heavy (non-hydrogen) atoms. The van der Waals surface area contributed by atoms with Gasteiger partial charge in [-0.2, -0.15) is 0 Å². The van der Waals surface area contributed by atoms with Crippen LogP contribution in [0.15, 0.2) is 36.5 Å². The fourth-order valence-corrected chi connectivity index (χ4v) is 7.13. The molecule has 1 saturated carbocycles. The van der Waals surface area contributed by atoms with Crippen LogP contribution in [-0.2, 0) is 6.54 Å². The third-order valence-electron chi connectivity index (χ3n) is 8.93. The number of hydrogen-bond acceptors (Lipinski definition) is 6. The molecule has 1 aromatic heterocycles. The first-order valence-electron chi connectivity index (χ1n) is 12.9. The number of aromatic nitrogens is 1. The van der Waals surface area contributed by atoms with Gasteiger partial charge in [0.2, 0.25) is 0 Å². The first-order valence-corrected chi connectivity index (χ1v) is 12.9. The van der Waals surface area contributed by atoms with Gasteiger partial charge in [0.1, 0.15) is 18.2 Å². The first-order chi connectivity index (χ1) is 16.7. The number of anilines is 2. The zero-order valence-electron chi connectivity index (χ0n) is 19.7. The van der Waals surface area contributed by atoms with Gasteiger partial charge in [0.15, 0.2) is 0 Å². The third-order valence-corrected chi connectivity index (χ3v) is 8.93. The summed E-state index contributed by atoms with van der Waals surface area (Å²) in [6.45, 7) is 8.09. The van der Waals surface area contributed by atoms with E-state index in [0.29, 0.717) is 24.6 Å². The molecule has 1 atom stereocenters. The predicted octanol–water partition coefficient (Wildman–Crippen LogP) is 2.90. The molecule has 1 spiro atoms. The van der Waals surface area contributed by atoms with Crippen LogP contribution in [0.3, 0.4) is 0 Å². The van der Waals surface area contributed by atoms with Crippen molar-refractivity contribution in [2.24, 2.45) is 11.3 Å². The van der Waals surface area contributed by atoms with Crippen LogP contribution >= 0.6 is 0 Å². The Hall–Kier alpha value is -2.80. The van der Waals surface area contributed by atoms with E-state index in [2.05, 4.69) is 43.2 Å². The SMILES string of the molecule is O=C1NCc2cc3c(cc21)OCC1CN(CC2CC4(CCN(c5ccccn5)CC4)C2)CCN31. The van der Waals surface area contributed by atoms with E-state index in [1.54, 1.807) is 0 Å². The Morgan fingerprint density at radius 1 is 1.12 bits per heavy atom. The van der Waals surface area contributed by atoms with Crippen LogP contribution in [0, 0.1) is 11.3 Å². The fourth-order valence-electron chi connectivity index (χ4n) is 7.13. The van der Waals surface area contributed by atoms with Crippen molar-refractivity contribution in [2.75, 3.05) is 55.7 Å². The molecule has 0 bridgehead atoms. The topological polar surface area (TPSA) is 60.9 Å². The zero-order chi connectivity index (χ0) is 22.7. The molecule has 0 radical (unpaired) electrons. The lowest BCUT2D eigenvalue weighted by atomic mass is 9.57. The van der Waals surface area contributed by atoms with E-state index in [0.717, 1.165) is 61.3 Å². The van der Waals surface area contributed by atoms with Crippen molar-refractivity contribution in [3.05, 3.63) is 47.7 Å². The molecule has 7 rings (SSSR count). The van der Waals surface area contributed by atoms with E-state index >= 15 is 0 Å². The molecule has 2 saturated heterocycles. The summed E-state index contributed by atoms with van der Waals surface area (Å²) in [5.41, 5.74) is 3.63. The number of carbonyl (C=O) groups is 1. The standard InChI is InChI=1S/C27H33N5O2/c33-26-22-12-24-23(11-20(22)15-29-26)32-10-9-30(17-21(32)18-34-24)16-19-13-27(14-19)4-7-31(8-5-27)25-3-1-2-6-28-25/h1-3,6,11-12,19,21H,4-5,7-10,13-18H2,(H,29,33). The number of piperazine rings is 1. The van der Waals surface area contributed by atoms with Gasteiger partial charge in [-0.05, 0) is 66.8 Å². The minimum absolute atomic E-state index is 0.0222. The summed E-state index contributed by atoms with van der Waals surface area (Å²) < 4.78 is 6.14. The van der Waals surface area contributed by atoms with Crippen molar-refractivity contribution in [3.63, 3.8) is 0 Å². The molecule has 7 heteroatoms. The second-order valence-corrected chi connectivity index (χ2v) is 11.0. The molecule has 1 aliphatic carbocycles. The van der Waals surface area contributed by atoms with E-state index in [-0.39, 0.29) is 5.91 Å². The second kappa shape index (κ2) is 7.87. The van der Waals surface area contributed by atoms with Gasteiger partial charge in [-0.15, -0.1) is 0 Å². The molecule has 5 heterocycles. The highest BCUT2D eigenvalue weighted by atomic mass is 16.5. The molecule has 1 N–H and O–H groups in total. The minimum atomic E-state index is 0.0222. The molecule has 4 aliphatic heterocycles. The maximum Gasteiger partial charge on any atom is 0.252 e. The number of pyridine rings is 1. The normalized spacial score (nSPS) is 25.8. The summed E-state index contributed by atoms with van der Waals surface area (Å²) in [6, 6.07) is 10.7. The van der Waals surface area contributed by atoms with E-state index in [1.807, 2.05) is 18.3 Å². The molecular formula is C27H33N5O2. The predicted molar refractivity (Wildman–Crippen MR) is 132 cm³/mol. The Kier molecular flexibility index (Phi) is 4.76. The molecular weight excluding hydrogens is 426 g/mol. The van der Waals surface area contributed by atoms with E-state index in [4.69, 9.17) is 4.74 Å². The monoisotopic (exact) mass is 459 g/mol. The van der Waals surface area contributed by atoms with E-state index in [9.17, 15) is 4.79 Å². The molecule has 5 aliphatic rings. The van der Waals surface area contributed by atoms with Crippen molar-refractivity contribution in [1.82, 2.24) is 15.2 Å². The zero-order valence-corrected chi connectivity index (χ0v) is 19.7. The molecule has 1 unspecified atom stereocenters. The lowest BCUT2D eigenvalue weighted by molar-refractivity contribution is 0.00293. The van der Waals surface area contributed by atoms with Gasteiger partial charge < -0.3 is 19.9 Å². The van der Waals surface area contributed by atoms with Gasteiger partial charge >= 0.3 is 0 Å². The average molecular weight is 460 g/mol. The Morgan fingerprint density at radius 3 is 2.82 bits per heavy atom. The number of nitrogens with zero attached hydrogens (tertiary/aromatic N) is 4. The van der Waals surface area contributed by atoms with E-state index < -0.39 is 0 Å². The Bertz CT molecular complexity index is 1090. The molecule has 3 fully saturated rings. The molecule has 178 valence electrons. The maximum atomic E-state index is 12.0. The van der Waals surface area contributed by atoms with Crippen LogP contribution in [0.5, 0.6) is 5.75 Å². The smallest absolute Gasteiger partial charge is 0.252 e. The van der Waals surface area contributed by atoms with Gasteiger partial charge in [-0.3, -0.25) is 9.69 Å². The lowest BCUT2D eigenvalue weighted by Crippen LogP contribution is -2.59. The van der Waals surface area contributed by atoms with E-state index in [1.165, 1.54) is 37.9 Å². The number of fused-ring (bicyclic) bond motifs is 4. The second-order valence-electron chi connectivity index (χ2n) is 11.0. The first kappa shape index (κ1) is 20.6. The van der Waals surface area contributed by atoms with Crippen LogP contribution in [0.4, 0.5) is 11.5 Å². The molecule has 1 aromatic carbocycles. The summed E-state index contributed by atoms with van der Waals surface area (Å²) in [5, 5.41) is 2.93. The summed E-state index contributed by atoms with van der Waals surface area (Å²) in [4.78, 5) is 24.2. The van der Waals surface area contributed by atoms with Crippen molar-refractivity contribution in [1.29, 1.82) is 0 Å². The summed E-state index contributed by atoms with van der Waals surface area (Å²) in [6.07, 6.45) is 7.30. The van der Waals surface area contributed by atoms with Crippen LogP contribution in [0.1, 0.15) is 41.6 Å². The van der Waals surface area contributed by atoms with Gasteiger partial charge in [0.05, 0.1) is 11.7 Å². The van der Waals surface area contributed by atoms with Crippen LogP contribution in [-0.4, -0.2) is 67.7 Å². The van der Waals surface area contributed by atoms with Gasteiger partial charge in [-0.25, -0.2) is 4.98 Å².